The minimum absolute atomic E-state index is 0.186. The summed E-state index contributed by atoms with van der Waals surface area (Å²) in [6.07, 6.45) is 2.22. The zero-order chi connectivity index (χ0) is 18.0. The lowest BCUT2D eigenvalue weighted by molar-refractivity contribution is -0.137. The molecule has 0 radical (unpaired) electrons. The van der Waals surface area contributed by atoms with Crippen LogP contribution in [0.1, 0.15) is 21.5 Å². The SMILES string of the molecule is NC(=O)c1cnc(-c2cccc(C(F)(F)F)c2)c(C2=CNCC=C2)c1. The van der Waals surface area contributed by atoms with Crippen molar-refractivity contribution in [1.29, 1.82) is 0 Å². The predicted molar refractivity (Wildman–Crippen MR) is 88.3 cm³/mol. The van der Waals surface area contributed by atoms with Crippen LogP contribution < -0.4 is 11.1 Å². The molecule has 0 bridgehead atoms. The molecule has 3 rings (SSSR count). The molecule has 128 valence electrons. The van der Waals surface area contributed by atoms with Crippen LogP contribution in [-0.2, 0) is 6.18 Å². The quantitative estimate of drug-likeness (QED) is 0.896. The molecule has 0 aliphatic carbocycles. The van der Waals surface area contributed by atoms with E-state index in [0.29, 0.717) is 28.9 Å². The molecule has 0 spiro atoms. The van der Waals surface area contributed by atoms with Gasteiger partial charge >= 0.3 is 6.18 Å². The third-order valence-electron chi connectivity index (χ3n) is 3.74. The van der Waals surface area contributed by atoms with Crippen molar-refractivity contribution in [2.24, 2.45) is 5.73 Å². The highest BCUT2D eigenvalue weighted by molar-refractivity contribution is 5.95. The maximum atomic E-state index is 13.0. The Kier molecular flexibility index (Phi) is 4.31. The van der Waals surface area contributed by atoms with Crippen molar-refractivity contribution in [1.82, 2.24) is 10.3 Å². The Labute approximate surface area is 141 Å². The van der Waals surface area contributed by atoms with Crippen LogP contribution in [0.15, 0.2) is 54.9 Å². The zero-order valence-electron chi connectivity index (χ0n) is 13.0. The number of carbonyl (C=O) groups excluding carboxylic acids is 1. The fraction of sp³-hybridized carbons (Fsp3) is 0.111. The van der Waals surface area contributed by atoms with E-state index in [1.165, 1.54) is 18.3 Å². The van der Waals surface area contributed by atoms with E-state index in [4.69, 9.17) is 5.73 Å². The summed E-state index contributed by atoms with van der Waals surface area (Å²) in [6.45, 7) is 0.644. The van der Waals surface area contributed by atoms with E-state index in [-0.39, 0.29) is 5.56 Å². The Hall–Kier alpha value is -3.09. The van der Waals surface area contributed by atoms with E-state index in [2.05, 4.69) is 10.3 Å². The van der Waals surface area contributed by atoms with Crippen LogP contribution >= 0.6 is 0 Å². The van der Waals surface area contributed by atoms with Gasteiger partial charge in [0, 0.05) is 30.1 Å². The number of hydrogen-bond acceptors (Lipinski definition) is 3. The molecule has 1 amide bonds. The van der Waals surface area contributed by atoms with Gasteiger partial charge in [0.2, 0.25) is 5.91 Å². The largest absolute Gasteiger partial charge is 0.416 e. The van der Waals surface area contributed by atoms with E-state index in [9.17, 15) is 18.0 Å². The molecule has 0 saturated heterocycles. The molecule has 1 aromatic heterocycles. The number of alkyl halides is 3. The number of amides is 1. The molecule has 4 nitrogen and oxygen atoms in total. The predicted octanol–water partition coefficient (Wildman–Crippen LogP) is 3.37. The van der Waals surface area contributed by atoms with Crippen molar-refractivity contribution in [3.63, 3.8) is 0 Å². The molecule has 0 fully saturated rings. The number of nitrogens with zero attached hydrogens (tertiary/aromatic N) is 1. The fourth-order valence-electron chi connectivity index (χ4n) is 2.53. The topological polar surface area (TPSA) is 68.0 Å². The molecular formula is C18H14F3N3O. The number of allylic oxidation sites excluding steroid dienone is 2. The summed E-state index contributed by atoms with van der Waals surface area (Å²) < 4.78 is 39.0. The number of aromatic nitrogens is 1. The van der Waals surface area contributed by atoms with Crippen LogP contribution in [0.5, 0.6) is 0 Å². The van der Waals surface area contributed by atoms with Gasteiger partial charge in [0.15, 0.2) is 0 Å². The van der Waals surface area contributed by atoms with Gasteiger partial charge in [-0.2, -0.15) is 13.2 Å². The number of nitrogens with one attached hydrogen (secondary N) is 1. The summed E-state index contributed by atoms with van der Waals surface area (Å²) in [5.74, 6) is -0.655. The van der Waals surface area contributed by atoms with Crippen LogP contribution in [0, 0.1) is 0 Å². The molecule has 0 atom stereocenters. The third kappa shape index (κ3) is 3.55. The molecule has 25 heavy (non-hydrogen) atoms. The average molecular weight is 345 g/mol. The molecule has 3 N–H and O–H groups in total. The highest BCUT2D eigenvalue weighted by atomic mass is 19.4. The molecule has 0 unspecified atom stereocenters. The van der Waals surface area contributed by atoms with E-state index in [1.54, 1.807) is 12.3 Å². The molecule has 1 aromatic carbocycles. The van der Waals surface area contributed by atoms with Gasteiger partial charge in [-0.15, -0.1) is 0 Å². The summed E-state index contributed by atoms with van der Waals surface area (Å²) in [4.78, 5) is 15.6. The second-order valence-corrected chi connectivity index (χ2v) is 5.47. The minimum Gasteiger partial charge on any atom is -0.387 e. The van der Waals surface area contributed by atoms with Gasteiger partial charge in [-0.3, -0.25) is 9.78 Å². The minimum atomic E-state index is -4.45. The molecule has 7 heteroatoms. The van der Waals surface area contributed by atoms with Gasteiger partial charge in [-0.1, -0.05) is 24.3 Å². The molecule has 2 aromatic rings. The highest BCUT2D eigenvalue weighted by Gasteiger charge is 2.30. The van der Waals surface area contributed by atoms with Crippen LogP contribution in [0.3, 0.4) is 0 Å². The molecule has 1 aliphatic heterocycles. The van der Waals surface area contributed by atoms with Gasteiger partial charge in [-0.05, 0) is 23.8 Å². The number of pyridine rings is 1. The zero-order valence-corrected chi connectivity index (χ0v) is 13.0. The highest BCUT2D eigenvalue weighted by Crippen LogP contribution is 2.34. The summed E-state index contributed by atoms with van der Waals surface area (Å²) >= 11 is 0. The van der Waals surface area contributed by atoms with E-state index in [0.717, 1.165) is 12.1 Å². The van der Waals surface area contributed by atoms with Crippen molar-refractivity contribution in [3.05, 3.63) is 71.6 Å². The van der Waals surface area contributed by atoms with Crippen molar-refractivity contribution in [2.45, 2.75) is 6.18 Å². The summed E-state index contributed by atoms with van der Waals surface area (Å²) in [5, 5.41) is 3.02. The second-order valence-electron chi connectivity index (χ2n) is 5.47. The molecule has 1 aliphatic rings. The number of carbonyl (C=O) groups is 1. The average Bonchev–Trinajstić information content (AvgIpc) is 2.61. The van der Waals surface area contributed by atoms with Gasteiger partial charge < -0.3 is 11.1 Å². The molecule has 0 saturated carbocycles. The number of halogens is 3. The monoisotopic (exact) mass is 345 g/mol. The third-order valence-corrected chi connectivity index (χ3v) is 3.74. The maximum absolute atomic E-state index is 13.0. The smallest absolute Gasteiger partial charge is 0.387 e. The lowest BCUT2D eigenvalue weighted by Crippen LogP contribution is -2.13. The Morgan fingerprint density at radius 1 is 1.24 bits per heavy atom. The van der Waals surface area contributed by atoms with Crippen molar-refractivity contribution in [3.8, 4) is 11.3 Å². The number of benzene rings is 1. The lowest BCUT2D eigenvalue weighted by atomic mass is 9.96. The van der Waals surface area contributed by atoms with Crippen molar-refractivity contribution < 1.29 is 18.0 Å². The lowest BCUT2D eigenvalue weighted by Gasteiger charge is -2.15. The number of dihydropyridines is 1. The Balaban J connectivity index is 2.17. The number of primary amides is 1. The van der Waals surface area contributed by atoms with E-state index < -0.39 is 17.6 Å². The number of nitrogens with two attached hydrogens (primary N) is 1. The summed E-state index contributed by atoms with van der Waals surface area (Å²) in [6, 6.07) is 6.45. The Morgan fingerprint density at radius 2 is 2.04 bits per heavy atom. The Bertz CT molecular complexity index is 885. The molecular weight excluding hydrogens is 331 g/mol. The number of rotatable bonds is 3. The van der Waals surface area contributed by atoms with Crippen molar-refractivity contribution >= 4 is 11.5 Å². The molecule has 2 heterocycles. The van der Waals surface area contributed by atoms with Crippen LogP contribution in [-0.4, -0.2) is 17.4 Å². The summed E-state index contributed by atoms with van der Waals surface area (Å²) in [7, 11) is 0. The first-order valence-corrected chi connectivity index (χ1v) is 7.44. The van der Waals surface area contributed by atoms with Gasteiger partial charge in [0.05, 0.1) is 16.8 Å². The van der Waals surface area contributed by atoms with Crippen LogP contribution in [0.4, 0.5) is 13.2 Å². The number of hydrogen-bond donors (Lipinski definition) is 2. The van der Waals surface area contributed by atoms with Gasteiger partial charge in [0.25, 0.3) is 0 Å². The van der Waals surface area contributed by atoms with Gasteiger partial charge in [-0.25, -0.2) is 0 Å². The summed E-state index contributed by atoms with van der Waals surface area (Å²) in [5.41, 5.74) is 6.61. The Morgan fingerprint density at radius 3 is 2.68 bits per heavy atom. The van der Waals surface area contributed by atoms with E-state index >= 15 is 0 Å². The standard InChI is InChI=1S/C18H14F3N3O/c19-18(20,21)14-5-1-3-11(7-14)16-15(12-4-2-6-23-9-12)8-13(10-24-16)17(22)25/h1-5,7-10,23H,6H2,(H2,22,25). The van der Waals surface area contributed by atoms with Crippen LogP contribution in [0.25, 0.3) is 16.8 Å². The maximum Gasteiger partial charge on any atom is 0.416 e. The first kappa shape index (κ1) is 16.8. The van der Waals surface area contributed by atoms with Crippen molar-refractivity contribution in [2.75, 3.05) is 6.54 Å². The fourth-order valence-corrected chi connectivity index (χ4v) is 2.53. The first-order valence-electron chi connectivity index (χ1n) is 7.44. The second kappa shape index (κ2) is 6.43. The van der Waals surface area contributed by atoms with Gasteiger partial charge in [0.1, 0.15) is 0 Å². The van der Waals surface area contributed by atoms with Crippen LogP contribution in [0.2, 0.25) is 0 Å². The first-order chi connectivity index (χ1) is 11.9. The normalized spacial score (nSPS) is 14.0. The van der Waals surface area contributed by atoms with E-state index in [1.807, 2.05) is 12.2 Å².